The molecule has 0 saturated carbocycles. The number of carbonyl (C=O) groups excluding carboxylic acids is 1. The summed E-state index contributed by atoms with van der Waals surface area (Å²) in [6.07, 6.45) is -0.623. The number of anilines is 1. The second-order valence-electron chi connectivity index (χ2n) is 4.76. The van der Waals surface area contributed by atoms with Crippen LogP contribution in [0.15, 0.2) is 53.0 Å². The monoisotopic (exact) mass is 407 g/mol. The van der Waals surface area contributed by atoms with Crippen LogP contribution in [0, 0.1) is 5.82 Å². The minimum atomic E-state index is -0.623. The van der Waals surface area contributed by atoms with Gasteiger partial charge in [0.25, 0.3) is 0 Å². The fraction of sp³-hybridized carbons (Fsp3) is 0.0625. The van der Waals surface area contributed by atoms with Gasteiger partial charge < -0.3 is 4.74 Å². The van der Waals surface area contributed by atoms with Crippen molar-refractivity contribution >= 4 is 38.5 Å². The highest BCUT2D eigenvalue weighted by atomic mass is 79.9. The van der Waals surface area contributed by atoms with Gasteiger partial charge in [0, 0.05) is 10.0 Å². The van der Waals surface area contributed by atoms with E-state index >= 15 is 0 Å². The van der Waals surface area contributed by atoms with Crippen LogP contribution in [0.2, 0.25) is 0 Å². The predicted molar refractivity (Wildman–Crippen MR) is 93.3 cm³/mol. The smallest absolute Gasteiger partial charge is 0.413 e. The average molecular weight is 408 g/mol. The van der Waals surface area contributed by atoms with Crippen LogP contribution in [-0.2, 0) is 11.3 Å². The molecule has 8 heteroatoms. The Labute approximate surface area is 149 Å². The zero-order valence-electron chi connectivity index (χ0n) is 12.2. The molecular weight excluding hydrogens is 397 g/mol. The van der Waals surface area contributed by atoms with E-state index < -0.39 is 6.09 Å². The number of nitrogens with one attached hydrogen (secondary N) is 1. The van der Waals surface area contributed by atoms with Crippen molar-refractivity contribution in [2.75, 3.05) is 5.32 Å². The number of carbonyl (C=O) groups is 1. The van der Waals surface area contributed by atoms with Crippen LogP contribution in [0.1, 0.15) is 5.56 Å². The molecule has 1 aromatic heterocycles. The molecule has 0 atom stereocenters. The summed E-state index contributed by atoms with van der Waals surface area (Å²) in [5, 5.41) is 11.1. The standard InChI is InChI=1S/C16H11BrFN3O2S/c17-12-6-11(7-13(18)8-12)14-20-21-15(24-14)19-16(22)23-9-10-4-2-1-3-5-10/h1-8H,9H2,(H,19,21,22). The van der Waals surface area contributed by atoms with Crippen molar-refractivity contribution in [3.63, 3.8) is 0 Å². The topological polar surface area (TPSA) is 64.1 Å². The molecule has 0 fully saturated rings. The van der Waals surface area contributed by atoms with Gasteiger partial charge in [0.15, 0.2) is 0 Å². The molecule has 3 aromatic rings. The number of halogens is 2. The summed E-state index contributed by atoms with van der Waals surface area (Å²) in [5.74, 6) is -0.383. The van der Waals surface area contributed by atoms with E-state index in [-0.39, 0.29) is 17.6 Å². The molecule has 1 heterocycles. The fourth-order valence-corrected chi connectivity index (χ4v) is 3.10. The number of hydrogen-bond acceptors (Lipinski definition) is 5. The summed E-state index contributed by atoms with van der Waals surface area (Å²) in [5.41, 5.74) is 1.46. The zero-order chi connectivity index (χ0) is 16.9. The first kappa shape index (κ1) is 16.5. The molecule has 24 heavy (non-hydrogen) atoms. The third-order valence-electron chi connectivity index (χ3n) is 2.96. The highest BCUT2D eigenvalue weighted by molar-refractivity contribution is 9.10. The Balaban J connectivity index is 1.62. The van der Waals surface area contributed by atoms with Gasteiger partial charge in [-0.3, -0.25) is 5.32 Å². The van der Waals surface area contributed by atoms with Crippen molar-refractivity contribution < 1.29 is 13.9 Å². The highest BCUT2D eigenvalue weighted by Crippen LogP contribution is 2.29. The van der Waals surface area contributed by atoms with Crippen LogP contribution in [0.5, 0.6) is 0 Å². The number of aromatic nitrogens is 2. The van der Waals surface area contributed by atoms with Crippen molar-refractivity contribution in [3.05, 3.63) is 64.4 Å². The zero-order valence-corrected chi connectivity index (χ0v) is 14.6. The minimum absolute atomic E-state index is 0.162. The van der Waals surface area contributed by atoms with Gasteiger partial charge in [0.1, 0.15) is 17.4 Å². The summed E-state index contributed by atoms with van der Waals surface area (Å²) in [7, 11) is 0. The predicted octanol–water partition coefficient (Wildman–Crippen LogP) is 4.86. The Morgan fingerprint density at radius 2 is 2.00 bits per heavy atom. The number of nitrogens with zero attached hydrogens (tertiary/aromatic N) is 2. The van der Waals surface area contributed by atoms with Gasteiger partial charge in [-0.15, -0.1) is 10.2 Å². The molecule has 0 spiro atoms. The molecule has 0 aliphatic rings. The fourth-order valence-electron chi connectivity index (χ4n) is 1.91. The Bertz CT molecular complexity index is 837. The van der Waals surface area contributed by atoms with Gasteiger partial charge in [-0.1, -0.05) is 57.6 Å². The van der Waals surface area contributed by atoms with E-state index in [4.69, 9.17) is 4.74 Å². The number of ether oxygens (including phenoxy) is 1. The first-order valence-electron chi connectivity index (χ1n) is 6.88. The Morgan fingerprint density at radius 1 is 1.21 bits per heavy atom. The van der Waals surface area contributed by atoms with E-state index in [9.17, 15) is 9.18 Å². The summed E-state index contributed by atoms with van der Waals surface area (Å²) in [4.78, 5) is 11.8. The molecular formula is C16H11BrFN3O2S. The number of hydrogen-bond donors (Lipinski definition) is 1. The van der Waals surface area contributed by atoms with Crippen LogP contribution in [0.4, 0.5) is 14.3 Å². The Kier molecular flexibility index (Phi) is 5.17. The Hall–Kier alpha value is -2.32. The van der Waals surface area contributed by atoms with E-state index in [0.29, 0.717) is 15.0 Å². The second-order valence-corrected chi connectivity index (χ2v) is 6.65. The van der Waals surface area contributed by atoms with Crippen molar-refractivity contribution in [2.45, 2.75) is 6.61 Å². The van der Waals surface area contributed by atoms with E-state index in [1.54, 1.807) is 6.07 Å². The molecule has 1 N–H and O–H groups in total. The van der Waals surface area contributed by atoms with Crippen molar-refractivity contribution in [2.24, 2.45) is 0 Å². The molecule has 0 aliphatic heterocycles. The lowest BCUT2D eigenvalue weighted by atomic mass is 10.2. The molecule has 0 radical (unpaired) electrons. The maximum absolute atomic E-state index is 13.4. The van der Waals surface area contributed by atoms with Gasteiger partial charge in [-0.25, -0.2) is 9.18 Å². The average Bonchev–Trinajstić information content (AvgIpc) is 3.01. The van der Waals surface area contributed by atoms with Crippen molar-refractivity contribution in [3.8, 4) is 10.6 Å². The maximum Gasteiger partial charge on any atom is 0.413 e. The van der Waals surface area contributed by atoms with Gasteiger partial charge in [-0.2, -0.15) is 0 Å². The van der Waals surface area contributed by atoms with Crippen molar-refractivity contribution in [1.29, 1.82) is 0 Å². The number of amides is 1. The minimum Gasteiger partial charge on any atom is -0.444 e. The maximum atomic E-state index is 13.4. The van der Waals surface area contributed by atoms with Crippen molar-refractivity contribution in [1.82, 2.24) is 10.2 Å². The normalized spacial score (nSPS) is 10.4. The second kappa shape index (κ2) is 7.50. The van der Waals surface area contributed by atoms with E-state index in [1.807, 2.05) is 30.3 Å². The van der Waals surface area contributed by atoms with Gasteiger partial charge >= 0.3 is 6.09 Å². The number of rotatable bonds is 4. The summed E-state index contributed by atoms with van der Waals surface area (Å²) >= 11 is 4.36. The molecule has 122 valence electrons. The number of benzene rings is 2. The van der Waals surface area contributed by atoms with Gasteiger partial charge in [0.05, 0.1) is 0 Å². The molecule has 3 rings (SSSR count). The molecule has 0 aliphatic carbocycles. The van der Waals surface area contributed by atoms with Gasteiger partial charge in [0.2, 0.25) is 5.13 Å². The highest BCUT2D eigenvalue weighted by Gasteiger charge is 2.12. The molecule has 5 nitrogen and oxygen atoms in total. The van der Waals surface area contributed by atoms with Crippen LogP contribution >= 0.6 is 27.3 Å². The summed E-state index contributed by atoms with van der Waals surface area (Å²) in [6.45, 7) is 0.162. The van der Waals surface area contributed by atoms with E-state index in [2.05, 4.69) is 31.4 Å². The van der Waals surface area contributed by atoms with Crippen LogP contribution in [-0.4, -0.2) is 16.3 Å². The summed E-state index contributed by atoms with van der Waals surface area (Å²) in [6, 6.07) is 13.8. The van der Waals surface area contributed by atoms with E-state index in [0.717, 1.165) is 16.9 Å². The quantitative estimate of drug-likeness (QED) is 0.670. The Morgan fingerprint density at radius 3 is 2.75 bits per heavy atom. The molecule has 1 amide bonds. The third kappa shape index (κ3) is 4.36. The molecule has 2 aromatic carbocycles. The SMILES string of the molecule is O=C(Nc1nnc(-c2cc(F)cc(Br)c2)s1)OCc1ccccc1. The lowest BCUT2D eigenvalue weighted by Crippen LogP contribution is -2.13. The molecule has 0 bridgehead atoms. The summed E-state index contributed by atoms with van der Waals surface area (Å²) < 4.78 is 19.1. The molecule has 0 saturated heterocycles. The van der Waals surface area contributed by atoms with Gasteiger partial charge in [-0.05, 0) is 23.8 Å². The van der Waals surface area contributed by atoms with Crippen LogP contribution in [0.3, 0.4) is 0 Å². The van der Waals surface area contributed by atoms with E-state index in [1.165, 1.54) is 12.1 Å². The lowest BCUT2D eigenvalue weighted by molar-refractivity contribution is 0.155. The molecule has 0 unspecified atom stereocenters. The lowest BCUT2D eigenvalue weighted by Gasteiger charge is -2.04. The van der Waals surface area contributed by atoms with Crippen LogP contribution in [0.25, 0.3) is 10.6 Å². The largest absolute Gasteiger partial charge is 0.444 e. The first-order chi connectivity index (χ1) is 11.6. The third-order valence-corrected chi connectivity index (χ3v) is 4.30. The van der Waals surface area contributed by atoms with Crippen LogP contribution < -0.4 is 5.32 Å². The first-order valence-corrected chi connectivity index (χ1v) is 8.49.